The number of rotatable bonds is 2. The smallest absolute Gasteiger partial charge is 0.335 e. The van der Waals surface area contributed by atoms with Gasteiger partial charge in [0.1, 0.15) is 0 Å². The lowest BCUT2D eigenvalue weighted by atomic mass is 9.72. The molecule has 0 saturated heterocycles. The quantitative estimate of drug-likeness (QED) is 0.665. The van der Waals surface area contributed by atoms with Crippen molar-refractivity contribution < 1.29 is 14.6 Å². The lowest BCUT2D eigenvalue weighted by Crippen LogP contribution is -2.40. The Morgan fingerprint density at radius 2 is 1.92 bits per heavy atom. The number of aliphatic hydroxyl groups is 1. The van der Waals surface area contributed by atoms with Crippen molar-refractivity contribution in [3.8, 4) is 0 Å². The largest absolute Gasteiger partial charge is 0.467 e. The Morgan fingerprint density at radius 3 is 2.38 bits per heavy atom. The zero-order chi connectivity index (χ0) is 9.90. The summed E-state index contributed by atoms with van der Waals surface area (Å²) in [5.74, 6) is -0.496. The fourth-order valence-electron chi connectivity index (χ4n) is 2.03. The van der Waals surface area contributed by atoms with E-state index in [2.05, 4.69) is 4.74 Å². The summed E-state index contributed by atoms with van der Waals surface area (Å²) in [4.78, 5) is 11.1. The monoisotopic (exact) mass is 186 g/mol. The highest BCUT2D eigenvalue weighted by Crippen LogP contribution is 2.39. The first kappa shape index (κ1) is 10.5. The van der Waals surface area contributed by atoms with Crippen molar-refractivity contribution in [2.75, 3.05) is 7.11 Å². The van der Waals surface area contributed by atoms with Crippen molar-refractivity contribution in [1.82, 2.24) is 0 Å². The van der Waals surface area contributed by atoms with Gasteiger partial charge in [-0.1, -0.05) is 26.2 Å². The van der Waals surface area contributed by atoms with E-state index in [9.17, 15) is 9.90 Å². The Hall–Kier alpha value is -0.570. The van der Waals surface area contributed by atoms with Gasteiger partial charge in [-0.25, -0.2) is 4.79 Å². The number of ether oxygens (including phenoxy) is 1. The molecule has 0 spiro atoms. The van der Waals surface area contributed by atoms with E-state index in [4.69, 9.17) is 0 Å². The summed E-state index contributed by atoms with van der Waals surface area (Å²) < 4.78 is 4.54. The van der Waals surface area contributed by atoms with Gasteiger partial charge in [0, 0.05) is 5.41 Å². The molecule has 1 fully saturated rings. The molecular formula is C10H18O3. The molecule has 0 heterocycles. The second kappa shape index (κ2) is 4.09. The van der Waals surface area contributed by atoms with Crippen molar-refractivity contribution in [1.29, 1.82) is 0 Å². The second-order valence-electron chi connectivity index (χ2n) is 4.14. The average molecular weight is 186 g/mol. The fraction of sp³-hybridized carbons (Fsp3) is 0.900. The van der Waals surface area contributed by atoms with E-state index < -0.39 is 12.1 Å². The molecular weight excluding hydrogens is 168 g/mol. The van der Waals surface area contributed by atoms with Crippen molar-refractivity contribution in [3.05, 3.63) is 0 Å². The van der Waals surface area contributed by atoms with Crippen molar-refractivity contribution >= 4 is 5.97 Å². The minimum Gasteiger partial charge on any atom is -0.467 e. The molecule has 0 aromatic rings. The molecule has 1 N–H and O–H groups in total. The molecule has 13 heavy (non-hydrogen) atoms. The standard InChI is InChI=1S/C10H18O3/c1-10(6-4-3-5-7-10)8(11)9(12)13-2/h8,11H,3-7H2,1-2H3/t8-/m0/s1. The first-order chi connectivity index (χ1) is 6.10. The van der Waals surface area contributed by atoms with Gasteiger partial charge in [0.2, 0.25) is 0 Å². The number of hydrogen-bond donors (Lipinski definition) is 1. The molecule has 0 aromatic carbocycles. The second-order valence-corrected chi connectivity index (χ2v) is 4.14. The molecule has 0 amide bonds. The van der Waals surface area contributed by atoms with Gasteiger partial charge in [-0.05, 0) is 12.8 Å². The Kier molecular flexibility index (Phi) is 3.31. The zero-order valence-electron chi connectivity index (χ0n) is 8.38. The molecule has 0 bridgehead atoms. The van der Waals surface area contributed by atoms with Gasteiger partial charge < -0.3 is 9.84 Å². The summed E-state index contributed by atoms with van der Waals surface area (Å²) in [7, 11) is 1.32. The molecule has 0 aromatic heterocycles. The maximum Gasteiger partial charge on any atom is 0.335 e. The van der Waals surface area contributed by atoms with E-state index in [-0.39, 0.29) is 5.41 Å². The first-order valence-corrected chi connectivity index (χ1v) is 4.86. The van der Waals surface area contributed by atoms with E-state index in [1.54, 1.807) is 0 Å². The van der Waals surface area contributed by atoms with Crippen molar-refractivity contribution in [2.24, 2.45) is 5.41 Å². The van der Waals surface area contributed by atoms with Crippen LogP contribution in [0.25, 0.3) is 0 Å². The Balaban J connectivity index is 2.61. The van der Waals surface area contributed by atoms with Crippen molar-refractivity contribution in [2.45, 2.75) is 45.1 Å². The van der Waals surface area contributed by atoms with Crippen LogP contribution in [0.5, 0.6) is 0 Å². The SMILES string of the molecule is COC(=O)[C@H](O)C1(C)CCCCC1. The number of methoxy groups -OCH3 is 1. The van der Waals surface area contributed by atoms with Gasteiger partial charge in [-0.15, -0.1) is 0 Å². The van der Waals surface area contributed by atoms with Crippen LogP contribution in [0.1, 0.15) is 39.0 Å². The van der Waals surface area contributed by atoms with Gasteiger partial charge in [-0.3, -0.25) is 0 Å². The maximum atomic E-state index is 11.1. The third-order valence-corrected chi connectivity index (χ3v) is 3.08. The maximum absolute atomic E-state index is 11.1. The highest BCUT2D eigenvalue weighted by molar-refractivity contribution is 5.75. The van der Waals surface area contributed by atoms with Crippen LogP contribution in [0.15, 0.2) is 0 Å². The molecule has 1 aliphatic carbocycles. The molecule has 1 atom stereocenters. The Morgan fingerprint density at radius 1 is 1.38 bits per heavy atom. The minimum atomic E-state index is -0.946. The van der Waals surface area contributed by atoms with Gasteiger partial charge in [0.15, 0.2) is 6.10 Å². The number of aliphatic hydroxyl groups excluding tert-OH is 1. The summed E-state index contributed by atoms with van der Waals surface area (Å²) in [6.45, 7) is 1.97. The molecule has 3 nitrogen and oxygen atoms in total. The fourth-order valence-corrected chi connectivity index (χ4v) is 2.03. The molecule has 0 aliphatic heterocycles. The Bertz CT molecular complexity index is 183. The lowest BCUT2D eigenvalue weighted by Gasteiger charge is -2.36. The number of carbonyl (C=O) groups excluding carboxylic acids is 1. The number of esters is 1. The number of hydrogen-bond acceptors (Lipinski definition) is 3. The highest BCUT2D eigenvalue weighted by Gasteiger charge is 2.39. The molecule has 0 radical (unpaired) electrons. The molecule has 3 heteroatoms. The third-order valence-electron chi connectivity index (χ3n) is 3.08. The van der Waals surface area contributed by atoms with Crippen LogP contribution in [-0.4, -0.2) is 24.3 Å². The molecule has 1 rings (SSSR count). The van der Waals surface area contributed by atoms with Crippen LogP contribution in [0.4, 0.5) is 0 Å². The van der Waals surface area contributed by atoms with Crippen LogP contribution in [-0.2, 0) is 9.53 Å². The van der Waals surface area contributed by atoms with Crippen molar-refractivity contribution in [3.63, 3.8) is 0 Å². The topological polar surface area (TPSA) is 46.5 Å². The van der Waals surface area contributed by atoms with E-state index in [0.29, 0.717) is 0 Å². The van der Waals surface area contributed by atoms with Crippen LogP contribution >= 0.6 is 0 Å². The normalized spacial score (nSPS) is 23.6. The third kappa shape index (κ3) is 2.21. The molecule has 1 aliphatic rings. The van der Waals surface area contributed by atoms with E-state index in [1.807, 2.05) is 6.92 Å². The van der Waals surface area contributed by atoms with Gasteiger partial charge >= 0.3 is 5.97 Å². The summed E-state index contributed by atoms with van der Waals surface area (Å²) in [6, 6.07) is 0. The summed E-state index contributed by atoms with van der Waals surface area (Å²) in [6.07, 6.45) is 4.31. The van der Waals surface area contributed by atoms with E-state index in [1.165, 1.54) is 13.5 Å². The van der Waals surface area contributed by atoms with E-state index >= 15 is 0 Å². The predicted molar refractivity (Wildman–Crippen MR) is 49.2 cm³/mol. The predicted octanol–water partition coefficient (Wildman–Crippen LogP) is 1.49. The van der Waals surface area contributed by atoms with Crippen LogP contribution < -0.4 is 0 Å². The summed E-state index contributed by atoms with van der Waals surface area (Å²) >= 11 is 0. The van der Waals surface area contributed by atoms with Gasteiger partial charge in [0.05, 0.1) is 7.11 Å². The Labute approximate surface area is 79.1 Å². The lowest BCUT2D eigenvalue weighted by molar-refractivity contribution is -0.159. The average Bonchev–Trinajstić information content (AvgIpc) is 2.16. The van der Waals surface area contributed by atoms with Gasteiger partial charge in [0.25, 0.3) is 0 Å². The van der Waals surface area contributed by atoms with Gasteiger partial charge in [-0.2, -0.15) is 0 Å². The highest BCUT2D eigenvalue weighted by atomic mass is 16.5. The zero-order valence-corrected chi connectivity index (χ0v) is 8.38. The van der Waals surface area contributed by atoms with Crippen LogP contribution in [0.2, 0.25) is 0 Å². The molecule has 76 valence electrons. The summed E-state index contributed by atoms with van der Waals surface area (Å²) in [5.41, 5.74) is -0.259. The molecule has 0 unspecified atom stereocenters. The van der Waals surface area contributed by atoms with Crippen LogP contribution in [0, 0.1) is 5.41 Å². The molecule has 1 saturated carbocycles. The van der Waals surface area contributed by atoms with Crippen LogP contribution in [0.3, 0.4) is 0 Å². The summed E-state index contributed by atoms with van der Waals surface area (Å²) in [5, 5.41) is 9.73. The number of carbonyl (C=O) groups is 1. The van der Waals surface area contributed by atoms with E-state index in [0.717, 1.165) is 25.7 Å². The first-order valence-electron chi connectivity index (χ1n) is 4.86. The minimum absolute atomic E-state index is 0.259.